The molecule has 1 fully saturated rings. The molecule has 26 heavy (non-hydrogen) atoms. The van der Waals surface area contributed by atoms with Crippen molar-refractivity contribution < 1.29 is 0 Å². The molecule has 7 heteroatoms. The molecule has 4 rings (SSSR count). The first-order valence-electron chi connectivity index (χ1n) is 8.87. The van der Waals surface area contributed by atoms with Crippen LogP contribution < -0.4 is 15.4 Å². The number of hydrogen-bond acceptors (Lipinski definition) is 6. The second-order valence-corrected chi connectivity index (χ2v) is 6.73. The Balaban J connectivity index is 1.49. The van der Waals surface area contributed by atoms with Gasteiger partial charge < -0.3 is 9.80 Å². The summed E-state index contributed by atoms with van der Waals surface area (Å²) < 4.78 is 1.57. The van der Waals surface area contributed by atoms with E-state index in [2.05, 4.69) is 31.8 Å². The molecule has 3 aromatic rings. The van der Waals surface area contributed by atoms with E-state index >= 15 is 0 Å². The number of piperidine rings is 1. The molecule has 7 nitrogen and oxygen atoms in total. The average molecular weight is 350 g/mol. The van der Waals surface area contributed by atoms with Crippen molar-refractivity contribution >= 4 is 17.3 Å². The van der Waals surface area contributed by atoms with Crippen LogP contribution in [-0.4, -0.2) is 45.5 Å². The first-order valence-corrected chi connectivity index (χ1v) is 8.87. The van der Waals surface area contributed by atoms with Crippen molar-refractivity contribution in [3.8, 4) is 0 Å². The summed E-state index contributed by atoms with van der Waals surface area (Å²) in [6, 6.07) is 9.66. The Morgan fingerprint density at radius 1 is 1.15 bits per heavy atom. The summed E-state index contributed by atoms with van der Waals surface area (Å²) >= 11 is 0. The molecule has 1 aliphatic heterocycles. The fourth-order valence-electron chi connectivity index (χ4n) is 3.51. The lowest BCUT2D eigenvalue weighted by Gasteiger charge is -2.37. The van der Waals surface area contributed by atoms with Gasteiger partial charge >= 0.3 is 0 Å². The second-order valence-electron chi connectivity index (χ2n) is 6.73. The molecule has 4 heterocycles. The number of fused-ring (bicyclic) bond motifs is 1. The fraction of sp³-hybridized carbons (Fsp3) is 0.368. The van der Waals surface area contributed by atoms with E-state index in [0.29, 0.717) is 11.7 Å². The molecule has 0 N–H and O–H groups in total. The van der Waals surface area contributed by atoms with E-state index in [4.69, 9.17) is 0 Å². The van der Waals surface area contributed by atoms with Gasteiger partial charge in [0, 0.05) is 50.2 Å². The summed E-state index contributed by atoms with van der Waals surface area (Å²) in [6.45, 7) is 3.72. The van der Waals surface area contributed by atoms with Gasteiger partial charge in [-0.3, -0.25) is 9.20 Å². The Hall–Kier alpha value is -2.96. The fourth-order valence-corrected chi connectivity index (χ4v) is 3.51. The zero-order chi connectivity index (χ0) is 18.1. The lowest BCUT2D eigenvalue weighted by molar-refractivity contribution is 0.478. The molecule has 1 saturated heterocycles. The molecule has 0 radical (unpaired) electrons. The van der Waals surface area contributed by atoms with E-state index in [1.54, 1.807) is 23.0 Å². The van der Waals surface area contributed by atoms with E-state index in [9.17, 15) is 4.79 Å². The standard InChI is InChI=1S/C19H22N6O/c1-14-11-17(21-13-20-14)23(2)15-6-9-24(10-7-15)18-12-19(26)25-8-4-3-5-16(25)22-18/h3-5,8,11-13,15H,6-7,9-10H2,1-2H3. The van der Waals surface area contributed by atoms with Crippen LogP contribution in [-0.2, 0) is 0 Å². The number of aromatic nitrogens is 4. The van der Waals surface area contributed by atoms with Crippen LogP contribution in [0.3, 0.4) is 0 Å². The number of pyridine rings is 1. The molecule has 0 spiro atoms. The third kappa shape index (κ3) is 3.12. The van der Waals surface area contributed by atoms with E-state index in [1.165, 1.54) is 0 Å². The van der Waals surface area contributed by atoms with Crippen LogP contribution in [0.2, 0.25) is 0 Å². The monoisotopic (exact) mass is 350 g/mol. The molecule has 0 saturated carbocycles. The van der Waals surface area contributed by atoms with Gasteiger partial charge in [-0.05, 0) is 31.9 Å². The minimum Gasteiger partial charge on any atom is -0.356 e. The molecule has 0 amide bonds. The van der Waals surface area contributed by atoms with E-state index in [-0.39, 0.29) is 5.56 Å². The average Bonchev–Trinajstić information content (AvgIpc) is 2.67. The second kappa shape index (κ2) is 6.74. The van der Waals surface area contributed by atoms with E-state index in [1.807, 2.05) is 31.2 Å². The van der Waals surface area contributed by atoms with Gasteiger partial charge in [0.15, 0.2) is 0 Å². The zero-order valence-corrected chi connectivity index (χ0v) is 15.0. The maximum Gasteiger partial charge on any atom is 0.259 e. The third-order valence-electron chi connectivity index (χ3n) is 5.04. The Morgan fingerprint density at radius 3 is 2.73 bits per heavy atom. The maximum absolute atomic E-state index is 12.3. The summed E-state index contributed by atoms with van der Waals surface area (Å²) in [4.78, 5) is 29.9. The van der Waals surface area contributed by atoms with Crippen molar-refractivity contribution in [2.24, 2.45) is 0 Å². The highest BCUT2D eigenvalue weighted by molar-refractivity contribution is 5.48. The van der Waals surface area contributed by atoms with Gasteiger partial charge in [-0.2, -0.15) is 0 Å². The molecular weight excluding hydrogens is 328 g/mol. The van der Waals surface area contributed by atoms with Gasteiger partial charge in [0.1, 0.15) is 23.6 Å². The Bertz CT molecular complexity index is 977. The smallest absolute Gasteiger partial charge is 0.259 e. The van der Waals surface area contributed by atoms with Crippen LogP contribution in [0.5, 0.6) is 0 Å². The SMILES string of the molecule is Cc1cc(N(C)C2CCN(c3cc(=O)n4ccccc4n3)CC2)ncn1. The Kier molecular flexibility index (Phi) is 4.28. The number of nitrogens with zero attached hydrogens (tertiary/aromatic N) is 6. The predicted molar refractivity (Wildman–Crippen MR) is 102 cm³/mol. The Morgan fingerprint density at radius 2 is 1.96 bits per heavy atom. The molecular formula is C19H22N6O. The summed E-state index contributed by atoms with van der Waals surface area (Å²) in [5.74, 6) is 1.72. The Labute approximate surface area is 152 Å². The largest absolute Gasteiger partial charge is 0.356 e. The molecule has 0 bridgehead atoms. The highest BCUT2D eigenvalue weighted by Crippen LogP contribution is 2.23. The van der Waals surface area contributed by atoms with E-state index < -0.39 is 0 Å². The number of anilines is 2. The number of aryl methyl sites for hydroxylation is 1. The highest BCUT2D eigenvalue weighted by atomic mass is 16.1. The zero-order valence-electron chi connectivity index (χ0n) is 15.0. The summed E-state index contributed by atoms with van der Waals surface area (Å²) in [6.07, 6.45) is 5.35. The minimum atomic E-state index is -0.0405. The van der Waals surface area contributed by atoms with Crippen molar-refractivity contribution in [3.05, 3.63) is 58.9 Å². The van der Waals surface area contributed by atoms with Crippen LogP contribution in [0.1, 0.15) is 18.5 Å². The molecule has 0 atom stereocenters. The van der Waals surface area contributed by atoms with Gasteiger partial charge in [0.05, 0.1) is 0 Å². The van der Waals surface area contributed by atoms with Crippen LogP contribution >= 0.6 is 0 Å². The van der Waals surface area contributed by atoms with Crippen LogP contribution in [0.15, 0.2) is 47.7 Å². The summed E-state index contributed by atoms with van der Waals surface area (Å²) in [7, 11) is 2.09. The lowest BCUT2D eigenvalue weighted by atomic mass is 10.0. The molecule has 3 aromatic heterocycles. The van der Waals surface area contributed by atoms with Crippen molar-refractivity contribution in [2.45, 2.75) is 25.8 Å². The number of rotatable bonds is 3. The first kappa shape index (κ1) is 16.5. The van der Waals surface area contributed by atoms with E-state index in [0.717, 1.165) is 43.3 Å². The van der Waals surface area contributed by atoms with Gasteiger partial charge in [-0.15, -0.1) is 0 Å². The van der Waals surface area contributed by atoms with Gasteiger partial charge in [0.2, 0.25) is 0 Å². The molecule has 134 valence electrons. The predicted octanol–water partition coefficient (Wildman–Crippen LogP) is 1.90. The maximum atomic E-state index is 12.3. The van der Waals surface area contributed by atoms with Crippen LogP contribution in [0, 0.1) is 6.92 Å². The van der Waals surface area contributed by atoms with Crippen molar-refractivity contribution in [2.75, 3.05) is 29.9 Å². The minimum absolute atomic E-state index is 0.0405. The normalized spacial score (nSPS) is 15.4. The third-order valence-corrected chi connectivity index (χ3v) is 5.04. The van der Waals surface area contributed by atoms with Crippen molar-refractivity contribution in [3.63, 3.8) is 0 Å². The molecule has 0 aromatic carbocycles. The molecule has 0 aliphatic carbocycles. The first-order chi connectivity index (χ1) is 12.6. The lowest BCUT2D eigenvalue weighted by Crippen LogP contribution is -2.44. The van der Waals surface area contributed by atoms with Crippen molar-refractivity contribution in [1.82, 2.24) is 19.4 Å². The van der Waals surface area contributed by atoms with Gasteiger partial charge in [-0.1, -0.05) is 6.07 Å². The quantitative estimate of drug-likeness (QED) is 0.719. The van der Waals surface area contributed by atoms with Gasteiger partial charge in [0.25, 0.3) is 5.56 Å². The molecule has 0 unspecified atom stereocenters. The summed E-state index contributed by atoms with van der Waals surface area (Å²) in [5, 5.41) is 0. The van der Waals surface area contributed by atoms with Crippen molar-refractivity contribution in [1.29, 1.82) is 0 Å². The van der Waals surface area contributed by atoms with Crippen LogP contribution in [0.4, 0.5) is 11.6 Å². The topological polar surface area (TPSA) is 66.6 Å². The van der Waals surface area contributed by atoms with Crippen LogP contribution in [0.25, 0.3) is 5.65 Å². The molecule has 1 aliphatic rings. The summed E-state index contributed by atoms with van der Waals surface area (Å²) in [5.41, 5.74) is 1.62. The number of hydrogen-bond donors (Lipinski definition) is 0. The van der Waals surface area contributed by atoms with Gasteiger partial charge in [-0.25, -0.2) is 15.0 Å². The highest BCUT2D eigenvalue weighted by Gasteiger charge is 2.24.